The standard InChI is InChI=1S/C10H8BrN3OS/c1-2-4-14-7(9(12)13-10(14)15)8-6(11)3-5-16-8/h1,3,5,7H,4H2,(H2,12,13,15). The minimum atomic E-state index is -0.374. The van der Waals surface area contributed by atoms with Crippen LogP contribution in [-0.4, -0.2) is 23.3 Å². The molecule has 0 bridgehead atoms. The third kappa shape index (κ3) is 1.72. The molecule has 1 aromatic heterocycles. The van der Waals surface area contributed by atoms with Crippen LogP contribution >= 0.6 is 27.3 Å². The Morgan fingerprint density at radius 3 is 3.06 bits per heavy atom. The summed E-state index contributed by atoms with van der Waals surface area (Å²) in [5.41, 5.74) is 5.75. The third-order valence-corrected chi connectivity index (χ3v) is 4.14. The fraction of sp³-hybridized carbons (Fsp3) is 0.200. The lowest BCUT2D eigenvalue weighted by Gasteiger charge is -2.21. The smallest absolute Gasteiger partial charge is 0.347 e. The van der Waals surface area contributed by atoms with Crippen molar-refractivity contribution in [1.29, 1.82) is 0 Å². The van der Waals surface area contributed by atoms with E-state index in [-0.39, 0.29) is 18.6 Å². The molecule has 2 N–H and O–H groups in total. The van der Waals surface area contributed by atoms with Crippen LogP contribution < -0.4 is 5.73 Å². The molecule has 6 heteroatoms. The number of rotatable bonds is 2. The molecule has 1 aliphatic heterocycles. The normalized spacial score (nSPS) is 19.8. The van der Waals surface area contributed by atoms with Crippen LogP contribution in [-0.2, 0) is 0 Å². The number of hydrogen-bond donors (Lipinski definition) is 1. The Kier molecular flexibility index (Phi) is 2.99. The summed E-state index contributed by atoms with van der Waals surface area (Å²) in [4.78, 5) is 17.7. The Bertz CT molecular complexity index is 502. The maximum Gasteiger partial charge on any atom is 0.347 e. The molecule has 1 aliphatic rings. The highest BCUT2D eigenvalue weighted by molar-refractivity contribution is 9.10. The van der Waals surface area contributed by atoms with E-state index in [1.807, 2.05) is 11.4 Å². The lowest BCUT2D eigenvalue weighted by molar-refractivity contribution is 0.214. The monoisotopic (exact) mass is 297 g/mol. The molecule has 4 nitrogen and oxygen atoms in total. The molecule has 1 unspecified atom stereocenters. The topological polar surface area (TPSA) is 58.7 Å². The fourth-order valence-electron chi connectivity index (χ4n) is 1.54. The average molecular weight is 298 g/mol. The molecular formula is C10H8BrN3OS. The molecule has 2 heterocycles. The second-order valence-corrected chi connectivity index (χ2v) is 4.99. The summed E-state index contributed by atoms with van der Waals surface area (Å²) in [6, 6.07) is 1.20. The van der Waals surface area contributed by atoms with Crippen molar-refractivity contribution in [3.05, 3.63) is 20.8 Å². The number of aliphatic imine (C=N–C) groups is 1. The summed E-state index contributed by atoms with van der Waals surface area (Å²) < 4.78 is 0.914. The maximum absolute atomic E-state index is 11.5. The van der Waals surface area contributed by atoms with Crippen molar-refractivity contribution in [3.8, 4) is 12.3 Å². The van der Waals surface area contributed by atoms with Crippen molar-refractivity contribution >= 4 is 39.1 Å². The van der Waals surface area contributed by atoms with Crippen LogP contribution in [0.1, 0.15) is 10.9 Å². The average Bonchev–Trinajstić information content (AvgIpc) is 2.73. The van der Waals surface area contributed by atoms with Gasteiger partial charge in [0.15, 0.2) is 0 Å². The number of thiophene rings is 1. The SMILES string of the molecule is C#CCN1C(=O)N=C(N)C1c1sccc1Br. The van der Waals surface area contributed by atoms with Gasteiger partial charge in [-0.25, -0.2) is 4.79 Å². The number of amidine groups is 1. The van der Waals surface area contributed by atoms with Gasteiger partial charge >= 0.3 is 6.03 Å². The van der Waals surface area contributed by atoms with E-state index in [4.69, 9.17) is 12.2 Å². The van der Waals surface area contributed by atoms with E-state index in [0.29, 0.717) is 5.84 Å². The van der Waals surface area contributed by atoms with Gasteiger partial charge in [0.05, 0.1) is 6.54 Å². The first-order valence-electron chi connectivity index (χ1n) is 4.46. The molecular weight excluding hydrogens is 290 g/mol. The van der Waals surface area contributed by atoms with E-state index in [2.05, 4.69) is 26.8 Å². The van der Waals surface area contributed by atoms with E-state index in [9.17, 15) is 4.79 Å². The predicted octanol–water partition coefficient (Wildman–Crippen LogP) is 1.98. The highest BCUT2D eigenvalue weighted by Gasteiger charge is 2.35. The Balaban J connectivity index is 2.39. The van der Waals surface area contributed by atoms with Gasteiger partial charge < -0.3 is 5.73 Å². The van der Waals surface area contributed by atoms with E-state index >= 15 is 0 Å². The number of terminal acetylenes is 1. The molecule has 0 radical (unpaired) electrons. The van der Waals surface area contributed by atoms with Crippen LogP contribution in [0.2, 0.25) is 0 Å². The number of urea groups is 1. The molecule has 2 amide bonds. The minimum absolute atomic E-state index is 0.206. The van der Waals surface area contributed by atoms with Gasteiger partial charge in [0.25, 0.3) is 0 Å². The molecule has 0 saturated heterocycles. The van der Waals surface area contributed by atoms with Gasteiger partial charge in [-0.2, -0.15) is 4.99 Å². The van der Waals surface area contributed by atoms with Gasteiger partial charge in [0.2, 0.25) is 0 Å². The highest BCUT2D eigenvalue weighted by atomic mass is 79.9. The summed E-state index contributed by atoms with van der Waals surface area (Å²) in [6.07, 6.45) is 5.23. The summed E-state index contributed by atoms with van der Waals surface area (Å²) in [7, 11) is 0. The largest absolute Gasteiger partial charge is 0.385 e. The maximum atomic E-state index is 11.5. The van der Waals surface area contributed by atoms with Gasteiger partial charge in [-0.15, -0.1) is 17.8 Å². The molecule has 1 aromatic rings. The first-order chi connectivity index (χ1) is 7.65. The van der Waals surface area contributed by atoms with Crippen molar-refractivity contribution < 1.29 is 4.79 Å². The van der Waals surface area contributed by atoms with Crippen LogP contribution in [0.15, 0.2) is 20.9 Å². The summed E-state index contributed by atoms with van der Waals surface area (Å²) in [5.74, 6) is 2.73. The van der Waals surface area contributed by atoms with Gasteiger partial charge in [0, 0.05) is 9.35 Å². The van der Waals surface area contributed by atoms with E-state index in [1.54, 1.807) is 0 Å². The first-order valence-corrected chi connectivity index (χ1v) is 6.13. The molecule has 0 aliphatic carbocycles. The van der Waals surface area contributed by atoms with Crippen molar-refractivity contribution in [1.82, 2.24) is 4.90 Å². The lowest BCUT2D eigenvalue weighted by Crippen LogP contribution is -2.33. The van der Waals surface area contributed by atoms with Gasteiger partial charge in [0.1, 0.15) is 11.9 Å². The van der Waals surface area contributed by atoms with E-state index < -0.39 is 0 Å². The van der Waals surface area contributed by atoms with Crippen molar-refractivity contribution in [2.45, 2.75) is 6.04 Å². The van der Waals surface area contributed by atoms with Crippen molar-refractivity contribution in [2.75, 3.05) is 6.54 Å². The lowest BCUT2D eigenvalue weighted by atomic mass is 10.2. The number of halogens is 1. The van der Waals surface area contributed by atoms with Crippen molar-refractivity contribution in [2.24, 2.45) is 10.7 Å². The highest BCUT2D eigenvalue weighted by Crippen LogP contribution is 2.35. The molecule has 0 saturated carbocycles. The molecule has 0 spiro atoms. The van der Waals surface area contributed by atoms with Gasteiger partial charge in [-0.1, -0.05) is 5.92 Å². The molecule has 82 valence electrons. The number of carbonyl (C=O) groups excluding carboxylic acids is 1. The Morgan fingerprint density at radius 1 is 1.75 bits per heavy atom. The number of carbonyl (C=O) groups is 1. The number of nitrogens with two attached hydrogens (primary N) is 1. The summed E-state index contributed by atoms with van der Waals surface area (Å²) in [6.45, 7) is 0.206. The summed E-state index contributed by atoms with van der Waals surface area (Å²) in [5, 5.41) is 1.92. The Labute approximate surface area is 105 Å². The number of amides is 2. The molecule has 16 heavy (non-hydrogen) atoms. The number of nitrogens with zero attached hydrogens (tertiary/aromatic N) is 2. The minimum Gasteiger partial charge on any atom is -0.385 e. The van der Waals surface area contributed by atoms with Crippen LogP contribution in [0.25, 0.3) is 0 Å². The Hall–Kier alpha value is -1.32. The predicted molar refractivity (Wildman–Crippen MR) is 67.3 cm³/mol. The Morgan fingerprint density at radius 2 is 2.50 bits per heavy atom. The first kappa shape index (κ1) is 11.2. The molecule has 1 atom stereocenters. The second kappa shape index (κ2) is 4.28. The van der Waals surface area contributed by atoms with Crippen LogP contribution in [0, 0.1) is 12.3 Å². The van der Waals surface area contributed by atoms with E-state index in [0.717, 1.165) is 9.35 Å². The van der Waals surface area contributed by atoms with E-state index in [1.165, 1.54) is 16.2 Å². The molecule has 0 fully saturated rings. The quantitative estimate of drug-likeness (QED) is 0.849. The fourth-order valence-corrected chi connectivity index (χ4v) is 3.25. The van der Waals surface area contributed by atoms with Crippen LogP contribution in [0.3, 0.4) is 0 Å². The molecule has 0 aromatic carbocycles. The zero-order chi connectivity index (χ0) is 11.7. The number of hydrogen-bond acceptors (Lipinski definition) is 3. The second-order valence-electron chi connectivity index (χ2n) is 3.19. The van der Waals surface area contributed by atoms with Gasteiger partial charge in [-0.3, -0.25) is 4.90 Å². The zero-order valence-corrected chi connectivity index (χ0v) is 10.6. The van der Waals surface area contributed by atoms with Crippen LogP contribution in [0.5, 0.6) is 0 Å². The molecule has 2 rings (SSSR count). The zero-order valence-electron chi connectivity index (χ0n) is 8.18. The third-order valence-electron chi connectivity index (χ3n) is 2.22. The summed E-state index contributed by atoms with van der Waals surface area (Å²) >= 11 is 4.92. The van der Waals surface area contributed by atoms with Crippen LogP contribution in [0.4, 0.5) is 4.79 Å². The van der Waals surface area contributed by atoms with Gasteiger partial charge in [-0.05, 0) is 27.4 Å². The van der Waals surface area contributed by atoms with Crippen molar-refractivity contribution in [3.63, 3.8) is 0 Å².